The number of benzene rings is 1. The van der Waals surface area contributed by atoms with Gasteiger partial charge in [0.25, 0.3) is 0 Å². The summed E-state index contributed by atoms with van der Waals surface area (Å²) < 4.78 is 15.5. The fourth-order valence-electron chi connectivity index (χ4n) is 1.42. The van der Waals surface area contributed by atoms with Gasteiger partial charge in [-0.2, -0.15) is 0 Å². The van der Waals surface area contributed by atoms with Crippen LogP contribution in [0.3, 0.4) is 0 Å². The minimum absolute atomic E-state index is 0.334. The van der Waals surface area contributed by atoms with Gasteiger partial charge in [-0.3, -0.25) is 0 Å². The lowest BCUT2D eigenvalue weighted by Gasteiger charge is -2.10. The molecule has 1 aromatic carbocycles. The van der Waals surface area contributed by atoms with Crippen molar-refractivity contribution >= 4 is 0 Å². The summed E-state index contributed by atoms with van der Waals surface area (Å²) in [5, 5.41) is 3.76. The summed E-state index contributed by atoms with van der Waals surface area (Å²) in [6.45, 7) is 0.797. The molecule has 0 aliphatic rings. The lowest BCUT2D eigenvalue weighted by atomic mass is 10.2. The summed E-state index contributed by atoms with van der Waals surface area (Å²) in [4.78, 5) is 0. The maximum Gasteiger partial charge on any atom is 0.162 e. The Morgan fingerprint density at radius 3 is 2.82 bits per heavy atom. The minimum atomic E-state index is 0.334. The smallest absolute Gasteiger partial charge is 0.162 e. The third-order valence-electron chi connectivity index (χ3n) is 2.33. The number of hydrogen-bond donors (Lipinski definition) is 1. The van der Waals surface area contributed by atoms with Crippen molar-refractivity contribution in [3.8, 4) is 11.5 Å². The molecule has 0 fully saturated rings. The number of nitrogens with zero attached hydrogens (tertiary/aromatic N) is 1. The monoisotopic (exact) mass is 234 g/mol. The molecule has 0 saturated heterocycles. The van der Waals surface area contributed by atoms with Crippen molar-refractivity contribution in [3.05, 3.63) is 41.8 Å². The lowest BCUT2D eigenvalue weighted by Crippen LogP contribution is -2.01. The minimum Gasteiger partial charge on any atom is -0.493 e. The molecule has 0 aliphatic carbocycles. The van der Waals surface area contributed by atoms with Gasteiger partial charge in [0.2, 0.25) is 0 Å². The van der Waals surface area contributed by atoms with E-state index in [1.54, 1.807) is 13.2 Å². The number of aromatic nitrogens is 1. The molecule has 0 spiro atoms. The number of methoxy groups -OCH3 is 1. The van der Waals surface area contributed by atoms with E-state index in [0.29, 0.717) is 24.7 Å². The van der Waals surface area contributed by atoms with E-state index >= 15 is 0 Å². The Balaban J connectivity index is 2.12. The van der Waals surface area contributed by atoms with Crippen LogP contribution in [-0.4, -0.2) is 12.3 Å². The Labute approximate surface area is 99.1 Å². The average Bonchev–Trinajstić information content (AvgIpc) is 2.89. The fourth-order valence-corrected chi connectivity index (χ4v) is 1.42. The molecule has 5 heteroatoms. The summed E-state index contributed by atoms with van der Waals surface area (Å²) in [5.74, 6) is 1.32. The maximum atomic E-state index is 5.61. The molecule has 0 radical (unpaired) electrons. The molecule has 0 amide bonds. The van der Waals surface area contributed by atoms with Crippen molar-refractivity contribution < 1.29 is 14.0 Å². The summed E-state index contributed by atoms with van der Waals surface area (Å²) in [5.41, 5.74) is 7.29. The van der Waals surface area contributed by atoms with E-state index in [1.165, 1.54) is 6.26 Å². The van der Waals surface area contributed by atoms with Gasteiger partial charge in [-0.15, -0.1) is 0 Å². The largest absolute Gasteiger partial charge is 0.493 e. The second kappa shape index (κ2) is 5.36. The maximum absolute atomic E-state index is 5.61. The van der Waals surface area contributed by atoms with Gasteiger partial charge in [0.15, 0.2) is 11.5 Å². The molecule has 17 heavy (non-hydrogen) atoms. The Morgan fingerprint density at radius 2 is 2.18 bits per heavy atom. The topological polar surface area (TPSA) is 70.5 Å². The quantitative estimate of drug-likeness (QED) is 0.852. The number of hydrogen-bond acceptors (Lipinski definition) is 5. The third kappa shape index (κ3) is 2.76. The van der Waals surface area contributed by atoms with Crippen molar-refractivity contribution in [2.75, 3.05) is 7.11 Å². The summed E-state index contributed by atoms with van der Waals surface area (Å²) in [6.07, 6.45) is 1.51. The summed E-state index contributed by atoms with van der Waals surface area (Å²) in [7, 11) is 1.60. The van der Waals surface area contributed by atoms with E-state index in [1.807, 2.05) is 18.2 Å². The molecule has 0 aliphatic heterocycles. The van der Waals surface area contributed by atoms with E-state index in [4.69, 9.17) is 19.7 Å². The highest BCUT2D eigenvalue weighted by Gasteiger charge is 2.06. The Kier molecular flexibility index (Phi) is 3.62. The molecule has 2 rings (SSSR count). The number of nitrogens with two attached hydrogens (primary N) is 1. The second-order valence-electron chi connectivity index (χ2n) is 3.47. The molecule has 0 unspecified atom stereocenters. The predicted molar refractivity (Wildman–Crippen MR) is 61.7 cm³/mol. The number of rotatable bonds is 5. The van der Waals surface area contributed by atoms with Crippen LogP contribution in [0.15, 0.2) is 35.1 Å². The van der Waals surface area contributed by atoms with Crippen LogP contribution in [-0.2, 0) is 13.2 Å². The van der Waals surface area contributed by atoms with Gasteiger partial charge in [0, 0.05) is 12.6 Å². The van der Waals surface area contributed by atoms with Gasteiger partial charge >= 0.3 is 0 Å². The molecule has 1 aromatic heterocycles. The first kappa shape index (κ1) is 11.5. The highest BCUT2D eigenvalue weighted by atomic mass is 16.5. The van der Waals surface area contributed by atoms with Crippen molar-refractivity contribution in [2.24, 2.45) is 5.73 Å². The molecular formula is C12H14N2O3. The zero-order valence-corrected chi connectivity index (χ0v) is 9.55. The van der Waals surface area contributed by atoms with Crippen LogP contribution in [0.2, 0.25) is 0 Å². The molecule has 2 N–H and O–H groups in total. The summed E-state index contributed by atoms with van der Waals surface area (Å²) >= 11 is 0. The molecule has 0 atom stereocenters. The van der Waals surface area contributed by atoms with Gasteiger partial charge in [-0.1, -0.05) is 11.2 Å². The van der Waals surface area contributed by atoms with E-state index in [9.17, 15) is 0 Å². The van der Waals surface area contributed by atoms with Crippen molar-refractivity contribution in [1.29, 1.82) is 0 Å². The molecule has 90 valence electrons. The molecule has 0 saturated carbocycles. The van der Waals surface area contributed by atoms with Gasteiger partial charge in [-0.25, -0.2) is 0 Å². The Hall–Kier alpha value is -2.01. The third-order valence-corrected chi connectivity index (χ3v) is 2.33. The average molecular weight is 234 g/mol. The SMILES string of the molecule is COc1ccc(CN)cc1OCc1ccon1. The van der Waals surface area contributed by atoms with Crippen LogP contribution in [0.1, 0.15) is 11.3 Å². The molecule has 2 aromatic rings. The number of ether oxygens (including phenoxy) is 2. The zero-order valence-electron chi connectivity index (χ0n) is 9.55. The summed E-state index contributed by atoms with van der Waals surface area (Å²) in [6, 6.07) is 7.35. The Morgan fingerprint density at radius 1 is 1.29 bits per heavy atom. The predicted octanol–water partition coefficient (Wildman–Crippen LogP) is 1.72. The molecule has 0 bridgehead atoms. The van der Waals surface area contributed by atoms with Gasteiger partial charge in [-0.05, 0) is 17.7 Å². The molecule has 5 nitrogen and oxygen atoms in total. The highest BCUT2D eigenvalue weighted by molar-refractivity contribution is 5.42. The first-order valence-electron chi connectivity index (χ1n) is 5.22. The second-order valence-corrected chi connectivity index (χ2v) is 3.47. The van der Waals surface area contributed by atoms with E-state index in [0.717, 1.165) is 11.3 Å². The van der Waals surface area contributed by atoms with Crippen LogP contribution in [0.25, 0.3) is 0 Å². The van der Waals surface area contributed by atoms with Crippen molar-refractivity contribution in [3.63, 3.8) is 0 Å². The van der Waals surface area contributed by atoms with E-state index in [2.05, 4.69) is 5.16 Å². The van der Waals surface area contributed by atoms with Gasteiger partial charge in [0.05, 0.1) is 7.11 Å². The van der Waals surface area contributed by atoms with Crippen LogP contribution >= 0.6 is 0 Å². The normalized spacial score (nSPS) is 10.2. The van der Waals surface area contributed by atoms with Crippen molar-refractivity contribution in [2.45, 2.75) is 13.2 Å². The first-order valence-corrected chi connectivity index (χ1v) is 5.22. The highest BCUT2D eigenvalue weighted by Crippen LogP contribution is 2.28. The van der Waals surface area contributed by atoms with Crippen molar-refractivity contribution in [1.82, 2.24) is 5.16 Å². The lowest BCUT2D eigenvalue weighted by molar-refractivity contribution is 0.272. The van der Waals surface area contributed by atoms with Gasteiger partial charge < -0.3 is 19.7 Å². The van der Waals surface area contributed by atoms with Crippen LogP contribution in [0.5, 0.6) is 11.5 Å². The molecular weight excluding hydrogens is 220 g/mol. The van der Waals surface area contributed by atoms with Crippen LogP contribution in [0.4, 0.5) is 0 Å². The fraction of sp³-hybridized carbons (Fsp3) is 0.250. The van der Waals surface area contributed by atoms with E-state index in [-0.39, 0.29) is 0 Å². The zero-order chi connectivity index (χ0) is 12.1. The van der Waals surface area contributed by atoms with Gasteiger partial charge in [0.1, 0.15) is 18.6 Å². The standard InChI is InChI=1S/C12H14N2O3/c1-15-11-3-2-9(7-13)6-12(11)16-8-10-4-5-17-14-10/h2-6H,7-8,13H2,1H3. The van der Waals surface area contributed by atoms with Crippen LogP contribution < -0.4 is 15.2 Å². The van der Waals surface area contributed by atoms with E-state index < -0.39 is 0 Å². The Bertz CT molecular complexity index is 469. The molecule has 1 heterocycles. The van der Waals surface area contributed by atoms with Crippen LogP contribution in [0, 0.1) is 0 Å². The first-order chi connectivity index (χ1) is 8.33.